The van der Waals surface area contributed by atoms with Crippen LogP contribution in [0.2, 0.25) is 0 Å². The van der Waals surface area contributed by atoms with E-state index < -0.39 is 0 Å². The predicted octanol–water partition coefficient (Wildman–Crippen LogP) is 7.32. The number of hydrogen-bond acceptors (Lipinski definition) is 1. The standard InChI is InChI=1S/C29H46N/c1-19(2)20-11-16-29(30)18-17-27(6)21(24(20)29)9-10-23-26(5)14-8-13-25(3,4)22(26)12-15-28(23,27)7/h8,20-24H,1,9-12,14-18,30H2,2-7H3/t20-,21+,22+,23+,24+,26+,27+,28+,29-/m0/s1. The molecule has 0 aromatic carbocycles. The topological polar surface area (TPSA) is 26.0 Å². The van der Waals surface area contributed by atoms with Crippen molar-refractivity contribution in [1.29, 1.82) is 0 Å². The van der Waals surface area contributed by atoms with Gasteiger partial charge in [0.1, 0.15) is 0 Å². The highest BCUT2D eigenvalue weighted by molar-refractivity contribution is 5.23. The summed E-state index contributed by atoms with van der Waals surface area (Å²) in [6.07, 6.45) is 18.0. The lowest BCUT2D eigenvalue weighted by Crippen LogP contribution is -2.67. The molecule has 167 valence electrons. The molecule has 5 aliphatic carbocycles. The molecule has 0 unspecified atom stereocenters. The Labute approximate surface area is 186 Å². The Morgan fingerprint density at radius 3 is 2.33 bits per heavy atom. The van der Waals surface area contributed by atoms with Crippen molar-refractivity contribution in [1.82, 2.24) is 0 Å². The smallest absolute Gasteiger partial charge is 0.0191 e. The Balaban J connectivity index is 1.56. The van der Waals surface area contributed by atoms with Gasteiger partial charge in [-0.2, -0.15) is 0 Å². The third kappa shape index (κ3) is 2.45. The number of nitrogens with two attached hydrogens (primary N) is 1. The van der Waals surface area contributed by atoms with Gasteiger partial charge in [-0.3, -0.25) is 0 Å². The molecule has 0 spiro atoms. The van der Waals surface area contributed by atoms with Crippen molar-refractivity contribution in [2.45, 2.75) is 105 Å². The van der Waals surface area contributed by atoms with Crippen molar-refractivity contribution >= 4 is 0 Å². The van der Waals surface area contributed by atoms with Gasteiger partial charge in [-0.25, -0.2) is 0 Å². The van der Waals surface area contributed by atoms with Gasteiger partial charge in [-0.15, -0.1) is 0 Å². The minimum absolute atomic E-state index is 0.0720. The normalized spacial score (nSPS) is 56.4. The molecule has 1 radical (unpaired) electrons. The van der Waals surface area contributed by atoms with Gasteiger partial charge < -0.3 is 5.73 Å². The van der Waals surface area contributed by atoms with Crippen molar-refractivity contribution in [2.75, 3.05) is 0 Å². The van der Waals surface area contributed by atoms with Crippen molar-refractivity contribution in [3.05, 3.63) is 24.3 Å². The largest absolute Gasteiger partial charge is 0.325 e. The van der Waals surface area contributed by atoms with Gasteiger partial charge in [0.15, 0.2) is 0 Å². The molecule has 4 fully saturated rings. The zero-order chi connectivity index (χ0) is 21.7. The van der Waals surface area contributed by atoms with E-state index in [0.717, 1.165) is 17.8 Å². The fraction of sp³-hybridized carbons (Fsp3) is 0.862. The monoisotopic (exact) mass is 408 g/mol. The first-order valence-corrected chi connectivity index (χ1v) is 12.9. The molecule has 0 saturated heterocycles. The quantitative estimate of drug-likeness (QED) is 0.452. The van der Waals surface area contributed by atoms with Crippen LogP contribution in [0.1, 0.15) is 99.3 Å². The number of allylic oxidation sites excluding steroid dienone is 3. The third-order valence-electron chi connectivity index (χ3n) is 12.3. The fourth-order valence-electron chi connectivity index (χ4n) is 10.7. The Bertz CT molecular complexity index is 777. The SMILES string of the molecule is C=C(C)[C@@H]1CC[C@]2(N)CC[C@]3(C)[C@H](CC[C@@H]4[C@]5(C)CC=[C]C(C)(C)[C@H]5CC[C@]43C)[C@@H]12. The van der Waals surface area contributed by atoms with Crippen LogP contribution in [0.15, 0.2) is 18.2 Å². The van der Waals surface area contributed by atoms with Crippen molar-refractivity contribution in [3.8, 4) is 0 Å². The lowest BCUT2D eigenvalue weighted by Gasteiger charge is -2.72. The van der Waals surface area contributed by atoms with Crippen LogP contribution >= 0.6 is 0 Å². The first-order valence-electron chi connectivity index (χ1n) is 12.9. The van der Waals surface area contributed by atoms with Gasteiger partial charge in [0.2, 0.25) is 0 Å². The molecule has 2 N–H and O–H groups in total. The van der Waals surface area contributed by atoms with E-state index in [2.05, 4.69) is 60.3 Å². The van der Waals surface area contributed by atoms with Crippen LogP contribution in [0.4, 0.5) is 0 Å². The summed E-state index contributed by atoms with van der Waals surface area (Å²) in [5.74, 6) is 3.70. The fourth-order valence-corrected chi connectivity index (χ4v) is 10.7. The number of fused-ring (bicyclic) bond motifs is 7. The molecule has 0 bridgehead atoms. The Kier molecular flexibility index (Phi) is 4.45. The molecule has 0 heterocycles. The predicted molar refractivity (Wildman–Crippen MR) is 127 cm³/mol. The van der Waals surface area contributed by atoms with Crippen LogP contribution in [-0.2, 0) is 0 Å². The second-order valence-electron chi connectivity index (χ2n) is 13.7. The summed E-state index contributed by atoms with van der Waals surface area (Å²) < 4.78 is 0. The molecular weight excluding hydrogens is 362 g/mol. The van der Waals surface area contributed by atoms with E-state index in [1.54, 1.807) is 0 Å². The summed E-state index contributed by atoms with van der Waals surface area (Å²) in [6.45, 7) is 19.7. The van der Waals surface area contributed by atoms with Gasteiger partial charge in [0.05, 0.1) is 0 Å². The van der Waals surface area contributed by atoms with Gasteiger partial charge in [-0.1, -0.05) is 52.8 Å². The molecule has 0 amide bonds. The van der Waals surface area contributed by atoms with Crippen LogP contribution in [0.25, 0.3) is 0 Å². The molecule has 4 saturated carbocycles. The molecule has 0 aromatic heterocycles. The van der Waals surface area contributed by atoms with E-state index >= 15 is 0 Å². The number of hydrogen-bond donors (Lipinski definition) is 1. The zero-order valence-corrected chi connectivity index (χ0v) is 20.6. The van der Waals surface area contributed by atoms with Gasteiger partial charge >= 0.3 is 0 Å². The Hall–Kier alpha value is -0.560. The summed E-state index contributed by atoms with van der Waals surface area (Å²) >= 11 is 0. The van der Waals surface area contributed by atoms with Gasteiger partial charge in [-0.05, 0) is 122 Å². The molecule has 1 nitrogen and oxygen atoms in total. The van der Waals surface area contributed by atoms with Crippen LogP contribution < -0.4 is 5.73 Å². The Morgan fingerprint density at radius 1 is 0.900 bits per heavy atom. The molecule has 30 heavy (non-hydrogen) atoms. The van der Waals surface area contributed by atoms with E-state index in [1.165, 1.54) is 63.4 Å². The van der Waals surface area contributed by atoms with Gasteiger partial charge in [0, 0.05) is 5.54 Å². The summed E-state index contributed by atoms with van der Waals surface area (Å²) in [5.41, 5.74) is 10.2. The first kappa shape index (κ1) is 21.3. The van der Waals surface area contributed by atoms with E-state index in [4.69, 9.17) is 5.73 Å². The lowest BCUT2D eigenvalue weighted by molar-refractivity contribution is -0.218. The molecule has 0 aliphatic heterocycles. The maximum absolute atomic E-state index is 7.18. The third-order valence-corrected chi connectivity index (χ3v) is 12.3. The maximum atomic E-state index is 7.18. The molecule has 5 rings (SSSR count). The highest BCUT2D eigenvalue weighted by Crippen LogP contribution is 2.75. The van der Waals surface area contributed by atoms with Crippen molar-refractivity contribution in [3.63, 3.8) is 0 Å². The Morgan fingerprint density at radius 2 is 1.63 bits per heavy atom. The molecule has 5 aliphatic rings. The summed E-state index contributed by atoms with van der Waals surface area (Å²) in [7, 11) is 0. The molecular formula is C29H46N. The van der Waals surface area contributed by atoms with E-state index in [-0.39, 0.29) is 11.0 Å². The summed E-state index contributed by atoms with van der Waals surface area (Å²) in [6, 6.07) is 0. The van der Waals surface area contributed by atoms with Gasteiger partial charge in [0.25, 0.3) is 0 Å². The van der Waals surface area contributed by atoms with Crippen LogP contribution in [0, 0.1) is 57.3 Å². The highest BCUT2D eigenvalue weighted by Gasteiger charge is 2.69. The maximum Gasteiger partial charge on any atom is 0.0191 e. The van der Waals surface area contributed by atoms with Crippen LogP contribution in [0.3, 0.4) is 0 Å². The van der Waals surface area contributed by atoms with Crippen LogP contribution in [-0.4, -0.2) is 5.54 Å². The number of rotatable bonds is 1. The van der Waals surface area contributed by atoms with E-state index in [9.17, 15) is 0 Å². The average molecular weight is 409 g/mol. The molecule has 0 aromatic rings. The molecule has 1 heteroatoms. The average Bonchev–Trinajstić information content (AvgIpc) is 2.99. The first-order chi connectivity index (χ1) is 13.9. The van der Waals surface area contributed by atoms with Crippen LogP contribution in [0.5, 0.6) is 0 Å². The van der Waals surface area contributed by atoms with E-state index in [0.29, 0.717) is 28.1 Å². The summed E-state index contributed by atoms with van der Waals surface area (Å²) in [4.78, 5) is 0. The molecule has 9 atom stereocenters. The van der Waals surface area contributed by atoms with E-state index in [1.807, 2.05) is 0 Å². The minimum Gasteiger partial charge on any atom is -0.325 e. The highest BCUT2D eigenvalue weighted by atomic mass is 14.8. The van der Waals surface area contributed by atoms with Crippen molar-refractivity contribution < 1.29 is 0 Å². The zero-order valence-electron chi connectivity index (χ0n) is 20.6. The minimum atomic E-state index is 0.0720. The van der Waals surface area contributed by atoms with Crippen molar-refractivity contribution in [2.24, 2.45) is 57.0 Å². The second-order valence-corrected chi connectivity index (χ2v) is 13.7. The second kappa shape index (κ2) is 6.27. The lowest BCUT2D eigenvalue weighted by atomic mass is 9.33. The summed E-state index contributed by atoms with van der Waals surface area (Å²) in [5, 5.41) is 0.